The monoisotopic (exact) mass is 301 g/mol. The number of benzene rings is 1. The topological polar surface area (TPSA) is 39.7 Å². The highest BCUT2D eigenvalue weighted by Gasteiger charge is 1.94. The van der Waals surface area contributed by atoms with Crippen LogP contribution in [0.2, 0.25) is 5.02 Å². The van der Waals surface area contributed by atoms with Crippen LogP contribution in [0.4, 0.5) is 0 Å². The van der Waals surface area contributed by atoms with Crippen molar-refractivity contribution in [2.45, 2.75) is 6.42 Å². The zero-order valence-corrected chi connectivity index (χ0v) is 12.8. The summed E-state index contributed by atoms with van der Waals surface area (Å²) in [7, 11) is 1.66. The third kappa shape index (κ3) is 9.28. The van der Waals surface area contributed by atoms with Crippen LogP contribution in [-0.2, 0) is 20.6 Å². The predicted molar refractivity (Wildman–Crippen MR) is 81.5 cm³/mol. The van der Waals surface area contributed by atoms with Gasteiger partial charge in [0.2, 0.25) is 0 Å². The number of hydrogen-bond donors (Lipinski definition) is 1. The lowest BCUT2D eigenvalue weighted by atomic mass is 10.1. The summed E-state index contributed by atoms with van der Waals surface area (Å²) >= 11 is 5.83. The fourth-order valence-corrected chi connectivity index (χ4v) is 1.74. The van der Waals surface area contributed by atoms with E-state index in [1.807, 2.05) is 12.1 Å². The minimum Gasteiger partial charge on any atom is -0.382 e. The van der Waals surface area contributed by atoms with E-state index in [2.05, 4.69) is 17.4 Å². The number of nitrogens with one attached hydrogen (secondary N) is 1. The molecule has 1 N–H and O–H groups in total. The van der Waals surface area contributed by atoms with E-state index >= 15 is 0 Å². The van der Waals surface area contributed by atoms with E-state index in [1.54, 1.807) is 7.11 Å². The molecule has 0 saturated heterocycles. The zero-order valence-electron chi connectivity index (χ0n) is 12.1. The molecular weight excluding hydrogens is 278 g/mol. The molecule has 0 amide bonds. The maximum atomic E-state index is 5.83. The fraction of sp³-hybridized carbons (Fsp3) is 0.600. The second-order valence-corrected chi connectivity index (χ2v) is 4.78. The Balaban J connectivity index is 1.84. The number of methoxy groups -OCH3 is 1. The summed E-state index contributed by atoms with van der Waals surface area (Å²) in [6, 6.07) is 7.95. The van der Waals surface area contributed by atoms with Gasteiger partial charge in [-0.3, -0.25) is 0 Å². The minimum atomic E-state index is 0.619. The number of hydrogen-bond acceptors (Lipinski definition) is 4. The number of rotatable bonds is 12. The predicted octanol–water partition coefficient (Wildman–Crippen LogP) is 2.15. The van der Waals surface area contributed by atoms with Crippen molar-refractivity contribution in [1.82, 2.24) is 5.32 Å². The highest BCUT2D eigenvalue weighted by Crippen LogP contribution is 2.09. The molecule has 0 aliphatic heterocycles. The molecule has 0 fully saturated rings. The quantitative estimate of drug-likeness (QED) is 0.601. The van der Waals surface area contributed by atoms with E-state index in [0.29, 0.717) is 33.0 Å². The maximum Gasteiger partial charge on any atom is 0.0701 e. The van der Waals surface area contributed by atoms with Gasteiger partial charge in [-0.05, 0) is 30.7 Å². The van der Waals surface area contributed by atoms with E-state index in [9.17, 15) is 0 Å². The average molecular weight is 302 g/mol. The Labute approximate surface area is 126 Å². The molecule has 114 valence electrons. The number of ether oxygens (including phenoxy) is 3. The van der Waals surface area contributed by atoms with Crippen LogP contribution in [-0.4, -0.2) is 53.2 Å². The lowest BCUT2D eigenvalue weighted by molar-refractivity contribution is 0.0256. The normalized spacial score (nSPS) is 10.9. The molecule has 0 radical (unpaired) electrons. The molecule has 1 aromatic carbocycles. The van der Waals surface area contributed by atoms with Gasteiger partial charge in [0.15, 0.2) is 0 Å². The summed E-state index contributed by atoms with van der Waals surface area (Å²) in [5.41, 5.74) is 1.29. The van der Waals surface area contributed by atoms with Gasteiger partial charge in [-0.15, -0.1) is 0 Å². The molecule has 1 aromatic rings. The van der Waals surface area contributed by atoms with E-state index in [4.69, 9.17) is 25.8 Å². The van der Waals surface area contributed by atoms with E-state index in [0.717, 1.165) is 24.5 Å². The Morgan fingerprint density at radius 2 is 1.55 bits per heavy atom. The molecule has 0 aliphatic rings. The molecule has 0 saturated carbocycles. The van der Waals surface area contributed by atoms with E-state index in [-0.39, 0.29) is 0 Å². The molecule has 0 unspecified atom stereocenters. The van der Waals surface area contributed by atoms with Gasteiger partial charge >= 0.3 is 0 Å². The fourth-order valence-electron chi connectivity index (χ4n) is 1.62. The molecule has 0 spiro atoms. The molecule has 0 heterocycles. The van der Waals surface area contributed by atoms with Crippen molar-refractivity contribution in [3.8, 4) is 0 Å². The smallest absolute Gasteiger partial charge is 0.0701 e. The Morgan fingerprint density at radius 3 is 2.25 bits per heavy atom. The van der Waals surface area contributed by atoms with Crippen molar-refractivity contribution >= 4 is 11.6 Å². The van der Waals surface area contributed by atoms with Gasteiger partial charge in [0.25, 0.3) is 0 Å². The minimum absolute atomic E-state index is 0.619. The van der Waals surface area contributed by atoms with Crippen LogP contribution in [0.1, 0.15) is 5.56 Å². The third-order valence-corrected chi connectivity index (χ3v) is 2.98. The third-order valence-electron chi connectivity index (χ3n) is 2.73. The van der Waals surface area contributed by atoms with Crippen molar-refractivity contribution in [3.05, 3.63) is 34.9 Å². The molecule has 4 nitrogen and oxygen atoms in total. The average Bonchev–Trinajstić information content (AvgIpc) is 2.47. The maximum absolute atomic E-state index is 5.83. The van der Waals surface area contributed by atoms with Crippen LogP contribution in [0.3, 0.4) is 0 Å². The Kier molecular flexibility index (Phi) is 10.5. The van der Waals surface area contributed by atoms with Crippen molar-refractivity contribution in [1.29, 1.82) is 0 Å². The van der Waals surface area contributed by atoms with Gasteiger partial charge in [0.05, 0.1) is 33.0 Å². The summed E-state index contributed by atoms with van der Waals surface area (Å²) in [5.74, 6) is 0. The lowest BCUT2D eigenvalue weighted by Gasteiger charge is -2.07. The first-order chi connectivity index (χ1) is 9.83. The lowest BCUT2D eigenvalue weighted by Crippen LogP contribution is -2.23. The Hall–Kier alpha value is -0.650. The molecule has 20 heavy (non-hydrogen) atoms. The van der Waals surface area contributed by atoms with Crippen LogP contribution in [0, 0.1) is 0 Å². The van der Waals surface area contributed by atoms with Gasteiger partial charge < -0.3 is 19.5 Å². The standard InChI is InChI=1S/C15H24ClNO3/c1-18-10-11-20-13-12-19-9-8-17-7-6-14-2-4-15(16)5-3-14/h2-5,17H,6-13H2,1H3. The van der Waals surface area contributed by atoms with Crippen LogP contribution in [0.5, 0.6) is 0 Å². The molecule has 0 atom stereocenters. The van der Waals surface area contributed by atoms with Gasteiger partial charge in [0, 0.05) is 18.7 Å². The van der Waals surface area contributed by atoms with Crippen LogP contribution in [0.25, 0.3) is 0 Å². The second-order valence-electron chi connectivity index (χ2n) is 4.34. The number of halogens is 1. The molecule has 0 aliphatic carbocycles. The first-order valence-corrected chi connectivity index (χ1v) is 7.30. The van der Waals surface area contributed by atoms with Crippen molar-refractivity contribution in [2.75, 3.05) is 53.2 Å². The Morgan fingerprint density at radius 1 is 0.900 bits per heavy atom. The Bertz CT molecular complexity index is 332. The first-order valence-electron chi connectivity index (χ1n) is 6.92. The molecule has 0 bridgehead atoms. The summed E-state index contributed by atoms with van der Waals surface area (Å²) in [6.45, 7) is 5.00. The summed E-state index contributed by atoms with van der Waals surface area (Å²) < 4.78 is 15.6. The highest BCUT2D eigenvalue weighted by molar-refractivity contribution is 6.30. The van der Waals surface area contributed by atoms with Gasteiger partial charge in [-0.25, -0.2) is 0 Å². The van der Waals surface area contributed by atoms with Crippen LogP contribution in [0.15, 0.2) is 24.3 Å². The summed E-state index contributed by atoms with van der Waals surface area (Å²) in [5, 5.41) is 4.12. The zero-order chi connectivity index (χ0) is 14.5. The van der Waals surface area contributed by atoms with Crippen LogP contribution >= 0.6 is 11.6 Å². The summed E-state index contributed by atoms with van der Waals surface area (Å²) in [4.78, 5) is 0. The molecule has 1 rings (SSSR count). The van der Waals surface area contributed by atoms with Crippen LogP contribution < -0.4 is 5.32 Å². The van der Waals surface area contributed by atoms with E-state index < -0.39 is 0 Å². The second kappa shape index (κ2) is 12.1. The first kappa shape index (κ1) is 17.4. The molecular formula is C15H24ClNO3. The van der Waals surface area contributed by atoms with Gasteiger partial charge in [0.1, 0.15) is 0 Å². The summed E-state index contributed by atoms with van der Waals surface area (Å²) in [6.07, 6.45) is 0.997. The largest absolute Gasteiger partial charge is 0.382 e. The molecule has 0 aromatic heterocycles. The molecule has 5 heteroatoms. The highest BCUT2D eigenvalue weighted by atomic mass is 35.5. The van der Waals surface area contributed by atoms with Gasteiger partial charge in [-0.1, -0.05) is 23.7 Å². The SMILES string of the molecule is COCCOCCOCCNCCc1ccc(Cl)cc1. The van der Waals surface area contributed by atoms with E-state index in [1.165, 1.54) is 5.56 Å². The van der Waals surface area contributed by atoms with Crippen molar-refractivity contribution in [3.63, 3.8) is 0 Å². The van der Waals surface area contributed by atoms with Crippen molar-refractivity contribution < 1.29 is 14.2 Å². The van der Waals surface area contributed by atoms with Crippen molar-refractivity contribution in [2.24, 2.45) is 0 Å². The van der Waals surface area contributed by atoms with Gasteiger partial charge in [-0.2, -0.15) is 0 Å².